The molecule has 0 bridgehead atoms. The maximum Gasteiger partial charge on any atom is 0.321 e. The van der Waals surface area contributed by atoms with E-state index in [-0.39, 0.29) is 12.1 Å². The van der Waals surface area contributed by atoms with Crippen LogP contribution in [-0.4, -0.2) is 25.0 Å². The van der Waals surface area contributed by atoms with Gasteiger partial charge >= 0.3 is 6.03 Å². The van der Waals surface area contributed by atoms with Gasteiger partial charge in [-0.15, -0.1) is 0 Å². The van der Waals surface area contributed by atoms with Crippen molar-refractivity contribution in [3.8, 4) is 5.75 Å². The number of carbonyl (C=O) groups is 1. The Bertz CT molecular complexity index is 718. The number of hydrogen-bond donors (Lipinski definition) is 1. The highest BCUT2D eigenvalue weighted by Crippen LogP contribution is 2.33. The molecule has 0 radical (unpaired) electrons. The number of rotatable bonds is 6. The molecule has 0 saturated carbocycles. The van der Waals surface area contributed by atoms with Crippen LogP contribution in [0, 0.1) is 0 Å². The highest BCUT2D eigenvalue weighted by atomic mass is 35.5. The van der Waals surface area contributed by atoms with Crippen molar-refractivity contribution >= 4 is 34.9 Å². The van der Waals surface area contributed by atoms with E-state index in [2.05, 4.69) is 12.2 Å². The summed E-state index contributed by atoms with van der Waals surface area (Å²) >= 11 is 12.3. The van der Waals surface area contributed by atoms with E-state index < -0.39 is 0 Å². The Balaban J connectivity index is 2.16. The van der Waals surface area contributed by atoms with Crippen LogP contribution in [0.5, 0.6) is 5.75 Å². The lowest BCUT2D eigenvalue weighted by Crippen LogP contribution is -2.27. The second kappa shape index (κ2) is 8.97. The number of anilines is 1. The van der Waals surface area contributed by atoms with Gasteiger partial charge in [-0.25, -0.2) is 4.79 Å². The normalized spacial score (nSPS) is 11.7. The third kappa shape index (κ3) is 5.55. The molecule has 0 aliphatic heterocycles. The molecule has 1 N–H and O–H groups in total. The van der Waals surface area contributed by atoms with Crippen LogP contribution in [-0.2, 0) is 0 Å². The average Bonchev–Trinajstić information content (AvgIpc) is 2.57. The van der Waals surface area contributed by atoms with Crippen LogP contribution < -0.4 is 10.1 Å². The number of nitrogens with zero attached hydrogens (tertiary/aromatic N) is 1. The van der Waals surface area contributed by atoms with Crippen molar-refractivity contribution in [3.63, 3.8) is 0 Å². The second-order valence-corrected chi connectivity index (χ2v) is 6.76. The summed E-state index contributed by atoms with van der Waals surface area (Å²) in [6.45, 7) is 2.10. The van der Waals surface area contributed by atoms with Gasteiger partial charge in [0.05, 0.1) is 5.02 Å². The van der Waals surface area contributed by atoms with E-state index in [4.69, 9.17) is 27.9 Å². The number of urea groups is 1. The largest absolute Gasteiger partial charge is 0.484 e. The number of halogens is 2. The minimum absolute atomic E-state index is 0.109. The van der Waals surface area contributed by atoms with Gasteiger partial charge in [0.1, 0.15) is 11.9 Å². The van der Waals surface area contributed by atoms with Crippen molar-refractivity contribution < 1.29 is 9.53 Å². The van der Waals surface area contributed by atoms with Gasteiger partial charge in [-0.2, -0.15) is 0 Å². The van der Waals surface area contributed by atoms with E-state index >= 15 is 0 Å². The number of amides is 2. The number of carbonyl (C=O) groups excluding carboxylic acids is 1. The summed E-state index contributed by atoms with van der Waals surface area (Å²) in [6, 6.07) is 12.6. The molecule has 0 fully saturated rings. The van der Waals surface area contributed by atoms with Crippen LogP contribution in [0.2, 0.25) is 10.0 Å². The van der Waals surface area contributed by atoms with Crippen molar-refractivity contribution in [3.05, 3.63) is 58.1 Å². The van der Waals surface area contributed by atoms with Gasteiger partial charge in [0.15, 0.2) is 0 Å². The van der Waals surface area contributed by atoms with Gasteiger partial charge in [-0.3, -0.25) is 0 Å². The van der Waals surface area contributed by atoms with Crippen LogP contribution in [0.25, 0.3) is 0 Å². The van der Waals surface area contributed by atoms with Gasteiger partial charge in [0.2, 0.25) is 0 Å². The van der Waals surface area contributed by atoms with Crippen molar-refractivity contribution in [2.75, 3.05) is 19.4 Å². The van der Waals surface area contributed by atoms with E-state index in [0.717, 1.165) is 18.4 Å². The van der Waals surface area contributed by atoms with Crippen LogP contribution in [0.1, 0.15) is 31.4 Å². The second-order valence-electron chi connectivity index (χ2n) is 5.92. The molecule has 0 aliphatic carbocycles. The van der Waals surface area contributed by atoms with Crippen LogP contribution in [0.15, 0.2) is 42.5 Å². The first-order valence-electron chi connectivity index (χ1n) is 8.10. The SMILES string of the molecule is CCCC(Oc1ccc(NC(=O)N(C)C)cc1Cl)c1ccc(Cl)cc1. The predicted molar refractivity (Wildman–Crippen MR) is 104 cm³/mol. The van der Waals surface area contributed by atoms with Gasteiger partial charge < -0.3 is 15.0 Å². The lowest BCUT2D eigenvalue weighted by atomic mass is 10.1. The standard InChI is InChI=1S/C19H22Cl2N2O2/c1-4-5-17(13-6-8-14(20)9-7-13)25-18-11-10-15(12-16(18)21)22-19(24)23(2)3/h6-12,17H,4-5H2,1-3H3,(H,22,24). The van der Waals surface area contributed by atoms with Crippen LogP contribution in [0.4, 0.5) is 10.5 Å². The average molecular weight is 381 g/mol. The molecule has 25 heavy (non-hydrogen) atoms. The molecule has 2 amide bonds. The Morgan fingerprint density at radius 3 is 2.40 bits per heavy atom. The molecule has 0 aromatic heterocycles. The molecular weight excluding hydrogens is 359 g/mol. The van der Waals surface area contributed by atoms with Crippen LogP contribution in [0.3, 0.4) is 0 Å². The first-order valence-corrected chi connectivity index (χ1v) is 8.86. The number of benzene rings is 2. The predicted octanol–water partition coefficient (Wildman–Crippen LogP) is 6.01. The van der Waals surface area contributed by atoms with Gasteiger partial charge in [-0.05, 0) is 42.3 Å². The fraction of sp³-hybridized carbons (Fsp3) is 0.316. The van der Waals surface area contributed by atoms with E-state index in [9.17, 15) is 4.79 Å². The van der Waals surface area contributed by atoms with E-state index in [0.29, 0.717) is 21.5 Å². The van der Waals surface area contributed by atoms with Crippen LogP contribution >= 0.6 is 23.2 Å². The van der Waals surface area contributed by atoms with Gasteiger partial charge in [0, 0.05) is 24.8 Å². The van der Waals surface area contributed by atoms with E-state index in [1.54, 1.807) is 32.3 Å². The zero-order chi connectivity index (χ0) is 18.4. The minimum Gasteiger partial charge on any atom is -0.484 e. The molecule has 2 rings (SSSR count). The molecule has 0 heterocycles. The fourth-order valence-corrected chi connectivity index (χ4v) is 2.65. The highest BCUT2D eigenvalue weighted by molar-refractivity contribution is 6.32. The summed E-state index contributed by atoms with van der Waals surface area (Å²) in [5.41, 5.74) is 1.67. The molecule has 4 nitrogen and oxygen atoms in total. The van der Waals surface area contributed by atoms with Crippen molar-refractivity contribution in [1.82, 2.24) is 4.90 Å². The first kappa shape index (κ1) is 19.4. The molecular formula is C19H22Cl2N2O2. The molecule has 1 unspecified atom stereocenters. The molecule has 0 saturated heterocycles. The monoisotopic (exact) mass is 380 g/mol. The maximum absolute atomic E-state index is 11.7. The third-order valence-corrected chi connectivity index (χ3v) is 4.20. The quantitative estimate of drug-likeness (QED) is 0.666. The minimum atomic E-state index is -0.213. The highest BCUT2D eigenvalue weighted by Gasteiger charge is 2.15. The topological polar surface area (TPSA) is 41.6 Å². The summed E-state index contributed by atoms with van der Waals surface area (Å²) in [6.07, 6.45) is 1.72. The van der Waals surface area contributed by atoms with Crippen molar-refractivity contribution in [2.24, 2.45) is 0 Å². The summed E-state index contributed by atoms with van der Waals surface area (Å²) in [7, 11) is 3.35. The third-order valence-electron chi connectivity index (χ3n) is 3.65. The number of hydrogen-bond acceptors (Lipinski definition) is 2. The molecule has 134 valence electrons. The lowest BCUT2D eigenvalue weighted by molar-refractivity contribution is 0.194. The number of ether oxygens (including phenoxy) is 1. The zero-order valence-corrected chi connectivity index (χ0v) is 16.1. The van der Waals surface area contributed by atoms with E-state index in [1.165, 1.54) is 4.90 Å². The molecule has 2 aromatic carbocycles. The molecule has 2 aromatic rings. The molecule has 0 aliphatic rings. The summed E-state index contributed by atoms with van der Waals surface area (Å²) in [4.78, 5) is 13.2. The van der Waals surface area contributed by atoms with Crippen molar-refractivity contribution in [2.45, 2.75) is 25.9 Å². The molecule has 1 atom stereocenters. The van der Waals surface area contributed by atoms with E-state index in [1.807, 2.05) is 24.3 Å². The summed E-state index contributed by atoms with van der Waals surface area (Å²) < 4.78 is 6.12. The Morgan fingerprint density at radius 2 is 1.84 bits per heavy atom. The van der Waals surface area contributed by atoms with Gasteiger partial charge in [-0.1, -0.05) is 48.7 Å². The maximum atomic E-state index is 11.7. The first-order chi connectivity index (χ1) is 11.9. The fourth-order valence-electron chi connectivity index (χ4n) is 2.30. The Labute approximate surface area is 158 Å². The van der Waals surface area contributed by atoms with Gasteiger partial charge in [0.25, 0.3) is 0 Å². The zero-order valence-electron chi connectivity index (χ0n) is 14.6. The smallest absolute Gasteiger partial charge is 0.321 e. The number of nitrogens with one attached hydrogen (secondary N) is 1. The summed E-state index contributed by atoms with van der Waals surface area (Å²) in [5, 5.41) is 3.90. The Kier molecular flexibility index (Phi) is 6.97. The van der Waals surface area contributed by atoms with Crippen molar-refractivity contribution in [1.29, 1.82) is 0 Å². The Hall–Kier alpha value is -1.91. The summed E-state index contributed by atoms with van der Waals surface area (Å²) in [5.74, 6) is 0.581. The molecule has 0 spiro atoms. The Morgan fingerprint density at radius 1 is 1.16 bits per heavy atom. The molecule has 6 heteroatoms. The lowest BCUT2D eigenvalue weighted by Gasteiger charge is -2.20.